The Morgan fingerprint density at radius 3 is 2.23 bits per heavy atom. The monoisotopic (exact) mass is 888 g/mol. The Balaban J connectivity index is 1.66. The summed E-state index contributed by atoms with van der Waals surface area (Å²) >= 11 is 0. The summed E-state index contributed by atoms with van der Waals surface area (Å²) < 4.78 is 22.1. The zero-order valence-electron chi connectivity index (χ0n) is 37.6. The molecule has 18 nitrogen and oxygen atoms in total. The minimum Gasteiger partial charge on any atom is -0.496 e. The number of benzene rings is 3. The number of alkyl carbamates (subject to hydrolysis) is 2. The van der Waals surface area contributed by atoms with Crippen molar-refractivity contribution < 1.29 is 57.6 Å². The Morgan fingerprint density at radius 1 is 0.875 bits per heavy atom. The Bertz CT molecular complexity index is 2160. The van der Waals surface area contributed by atoms with Gasteiger partial charge in [0.1, 0.15) is 47.9 Å². The van der Waals surface area contributed by atoms with Gasteiger partial charge in [-0.2, -0.15) is 0 Å². The number of hydrogen-bond acceptors (Lipinski definition) is 11. The van der Waals surface area contributed by atoms with Crippen LogP contribution in [-0.2, 0) is 46.5 Å². The Morgan fingerprint density at radius 2 is 1.58 bits per heavy atom. The summed E-state index contributed by atoms with van der Waals surface area (Å²) in [7, 11) is 4.35. The molecule has 346 valence electrons. The molecule has 0 saturated heterocycles. The van der Waals surface area contributed by atoms with E-state index in [0.717, 1.165) is 5.56 Å². The topological polar surface area (TPSA) is 240 Å². The van der Waals surface area contributed by atoms with E-state index in [2.05, 4.69) is 26.6 Å². The Labute approximate surface area is 373 Å². The van der Waals surface area contributed by atoms with Crippen molar-refractivity contribution in [1.82, 2.24) is 31.5 Å². The summed E-state index contributed by atoms with van der Waals surface area (Å²) in [6.45, 7) is 8.53. The number of carboxylic acid groups (broad SMARTS) is 1. The van der Waals surface area contributed by atoms with Crippen LogP contribution in [0.2, 0.25) is 0 Å². The van der Waals surface area contributed by atoms with Gasteiger partial charge in [0, 0.05) is 44.1 Å². The number of aliphatic carboxylic acids is 1. The van der Waals surface area contributed by atoms with Crippen LogP contribution in [0.3, 0.4) is 0 Å². The van der Waals surface area contributed by atoms with E-state index >= 15 is 0 Å². The number of carbonyl (C=O) groups is 7. The molecule has 1 aliphatic heterocycles. The summed E-state index contributed by atoms with van der Waals surface area (Å²) in [4.78, 5) is 94.1. The number of fused-ring (bicyclic) bond motifs is 5. The smallest absolute Gasteiger partial charge is 0.407 e. The van der Waals surface area contributed by atoms with Crippen molar-refractivity contribution in [3.05, 3.63) is 82.9 Å². The number of nitrogens with one attached hydrogen (secondary N) is 5. The fourth-order valence-corrected chi connectivity index (χ4v) is 7.11. The summed E-state index contributed by atoms with van der Waals surface area (Å²) in [6.07, 6.45) is -0.829. The van der Waals surface area contributed by atoms with E-state index in [0.29, 0.717) is 52.2 Å². The summed E-state index contributed by atoms with van der Waals surface area (Å²) in [5.41, 5.74) is 2.61. The highest BCUT2D eigenvalue weighted by atomic mass is 16.6. The normalized spacial score (nSPS) is 16.7. The highest BCUT2D eigenvalue weighted by molar-refractivity contribution is 5.96. The molecule has 0 unspecified atom stereocenters. The molecule has 3 aromatic rings. The van der Waals surface area contributed by atoms with Gasteiger partial charge in [-0.05, 0) is 94.3 Å². The first-order valence-electron chi connectivity index (χ1n) is 21.0. The van der Waals surface area contributed by atoms with Crippen LogP contribution in [0.15, 0.2) is 60.7 Å². The van der Waals surface area contributed by atoms with Crippen molar-refractivity contribution >= 4 is 41.8 Å². The van der Waals surface area contributed by atoms with Crippen LogP contribution in [-0.4, -0.2) is 110 Å². The molecule has 1 heterocycles. The van der Waals surface area contributed by atoms with E-state index < -0.39 is 71.6 Å². The van der Waals surface area contributed by atoms with Crippen LogP contribution in [0.5, 0.6) is 11.5 Å². The number of carbonyl (C=O) groups excluding carboxylic acids is 6. The molecule has 0 fully saturated rings. The van der Waals surface area contributed by atoms with E-state index in [-0.39, 0.29) is 39.0 Å². The van der Waals surface area contributed by atoms with Gasteiger partial charge in [0.05, 0.1) is 14.2 Å². The molecule has 3 aromatic carbocycles. The molecule has 0 aromatic heterocycles. The van der Waals surface area contributed by atoms with Crippen LogP contribution >= 0.6 is 0 Å². The number of unbranched alkanes of at least 4 members (excludes halogenated alkanes) is 1. The lowest BCUT2D eigenvalue weighted by Crippen LogP contribution is -2.55. The number of likely N-dealkylation sites (N-methyl/N-ethyl adjacent to an activating group) is 1. The average molecular weight is 889 g/mol. The van der Waals surface area contributed by atoms with Crippen LogP contribution in [0.4, 0.5) is 9.59 Å². The van der Waals surface area contributed by atoms with Gasteiger partial charge in [-0.25, -0.2) is 14.4 Å². The number of carboxylic acids is 1. The molecular formula is C46H60N6O12. The zero-order chi connectivity index (χ0) is 47.1. The van der Waals surface area contributed by atoms with Gasteiger partial charge >= 0.3 is 18.2 Å². The van der Waals surface area contributed by atoms with Crippen LogP contribution in [0.25, 0.3) is 11.1 Å². The molecule has 4 atom stereocenters. The molecule has 1 aliphatic rings. The number of nitrogens with zero attached hydrogens (tertiary/aromatic N) is 1. The molecule has 0 aliphatic carbocycles. The lowest BCUT2D eigenvalue weighted by atomic mass is 9.92. The van der Waals surface area contributed by atoms with Crippen LogP contribution in [0.1, 0.15) is 81.7 Å². The van der Waals surface area contributed by atoms with Crippen molar-refractivity contribution in [3.8, 4) is 22.6 Å². The number of ether oxygens (including phenoxy) is 4. The fraction of sp³-hybridized carbons (Fsp3) is 0.457. The molecule has 4 rings (SSSR count). The standard InChI is InChI=1S/C46H60N6O12/c1-27-22-30-23-33(39(27)62-8)32-25-31(17-18-36(32)61-7)38(41(55)49-28(2)40(54)51-35(24-30)43(57)58)52(6)42(56)34(16-12-13-20-47-45(60)64-46(3,4)5)50-37(53)19-21-48-44(59)63-26-29-14-10-9-11-15-29/h9-11,14-15,17-18,22-23,25,28,34-35,38H,12-13,16,19-21,24,26H2,1-8H3,(H,47,60)(H,48,59)(H,49,55)(H,50,53)(H,51,54)(H,57,58)/t28-,34-,35-,38-/m0/s1. The van der Waals surface area contributed by atoms with Crippen molar-refractivity contribution in [2.45, 2.75) is 103 Å². The quantitative estimate of drug-likeness (QED) is 0.110. The lowest BCUT2D eigenvalue weighted by molar-refractivity contribution is -0.144. The number of methoxy groups -OCH3 is 2. The second-order valence-corrected chi connectivity index (χ2v) is 16.4. The lowest BCUT2D eigenvalue weighted by Gasteiger charge is -2.32. The highest BCUT2D eigenvalue weighted by Crippen LogP contribution is 2.41. The minimum absolute atomic E-state index is 0.0286. The van der Waals surface area contributed by atoms with E-state index in [1.54, 1.807) is 70.2 Å². The van der Waals surface area contributed by atoms with Crippen molar-refractivity contribution in [2.75, 3.05) is 34.4 Å². The van der Waals surface area contributed by atoms with Crippen molar-refractivity contribution in [2.24, 2.45) is 0 Å². The molecule has 0 spiro atoms. The van der Waals surface area contributed by atoms with Gasteiger partial charge in [-0.1, -0.05) is 42.5 Å². The number of aryl methyl sites for hydroxylation is 1. The van der Waals surface area contributed by atoms with E-state index in [9.17, 15) is 38.7 Å². The number of hydrogen-bond donors (Lipinski definition) is 6. The van der Waals surface area contributed by atoms with E-state index in [1.165, 1.54) is 33.1 Å². The second-order valence-electron chi connectivity index (χ2n) is 16.4. The SMILES string of the molecule is COc1ccc2cc1-c1cc(cc(C)c1OC)C[C@@H](C(=O)O)NC(=O)[C@H](C)NC(=O)[C@H]2N(C)C(=O)[C@H](CCCCNC(=O)OC(C)(C)C)NC(=O)CCNC(=O)OCc1ccccc1. The molecular weight excluding hydrogens is 829 g/mol. The first-order valence-corrected chi connectivity index (χ1v) is 21.0. The number of rotatable bonds is 16. The second kappa shape index (κ2) is 23.0. The Hall–Kier alpha value is -6.85. The van der Waals surface area contributed by atoms with Crippen LogP contribution < -0.4 is 36.1 Å². The molecule has 18 heteroatoms. The molecule has 4 bridgehead atoms. The number of amides is 6. The first kappa shape index (κ1) is 49.8. The predicted octanol–water partition coefficient (Wildman–Crippen LogP) is 4.31. The summed E-state index contributed by atoms with van der Waals surface area (Å²) in [5.74, 6) is -3.24. The third-order valence-corrected chi connectivity index (χ3v) is 10.2. The maximum atomic E-state index is 14.7. The molecule has 0 radical (unpaired) electrons. The van der Waals surface area contributed by atoms with Gasteiger partial charge in [-0.15, -0.1) is 0 Å². The van der Waals surface area contributed by atoms with Gasteiger partial charge in [0.15, 0.2) is 0 Å². The third-order valence-electron chi connectivity index (χ3n) is 10.2. The molecule has 6 amide bonds. The fourth-order valence-electron chi connectivity index (χ4n) is 7.11. The van der Waals surface area contributed by atoms with Gasteiger partial charge < -0.3 is 55.5 Å². The van der Waals surface area contributed by atoms with Crippen LogP contribution in [0, 0.1) is 6.92 Å². The highest BCUT2D eigenvalue weighted by Gasteiger charge is 2.36. The van der Waals surface area contributed by atoms with Crippen molar-refractivity contribution in [1.29, 1.82) is 0 Å². The maximum absolute atomic E-state index is 14.7. The predicted molar refractivity (Wildman–Crippen MR) is 235 cm³/mol. The molecule has 6 N–H and O–H groups in total. The van der Waals surface area contributed by atoms with E-state index in [4.69, 9.17) is 18.9 Å². The maximum Gasteiger partial charge on any atom is 0.407 e. The van der Waals surface area contributed by atoms with Gasteiger partial charge in [0.25, 0.3) is 0 Å². The molecule has 64 heavy (non-hydrogen) atoms. The average Bonchev–Trinajstić information content (AvgIpc) is 3.23. The largest absolute Gasteiger partial charge is 0.496 e. The first-order chi connectivity index (χ1) is 30.3. The summed E-state index contributed by atoms with van der Waals surface area (Å²) in [6, 6.07) is 12.2. The van der Waals surface area contributed by atoms with Gasteiger partial charge in [-0.3, -0.25) is 19.2 Å². The summed E-state index contributed by atoms with van der Waals surface area (Å²) in [5, 5.41) is 23.2. The van der Waals surface area contributed by atoms with Crippen molar-refractivity contribution in [3.63, 3.8) is 0 Å². The third kappa shape index (κ3) is 14.4. The Kier molecular flexibility index (Phi) is 17.9. The van der Waals surface area contributed by atoms with E-state index in [1.807, 2.05) is 18.2 Å². The molecule has 0 saturated carbocycles. The zero-order valence-corrected chi connectivity index (χ0v) is 37.6. The minimum atomic E-state index is -1.41. The van der Waals surface area contributed by atoms with Gasteiger partial charge in [0.2, 0.25) is 23.6 Å².